The Morgan fingerprint density at radius 2 is 1.65 bits per heavy atom. The lowest BCUT2D eigenvalue weighted by Gasteiger charge is -2.36. The number of hydrogen-bond donors (Lipinski definition) is 0. The Morgan fingerprint density at radius 3 is 2.26 bits per heavy atom. The van der Waals surface area contributed by atoms with Gasteiger partial charge in [0.15, 0.2) is 0 Å². The molecule has 0 N–H and O–H groups in total. The number of anilines is 1. The molecule has 1 aliphatic heterocycles. The number of carbonyl (C=O) groups excluding carboxylic acids is 1. The van der Waals surface area contributed by atoms with Crippen molar-refractivity contribution in [3.05, 3.63) is 59.9 Å². The van der Waals surface area contributed by atoms with Crippen LogP contribution in [0.2, 0.25) is 0 Å². The second kappa shape index (κ2) is 6.69. The average molecular weight is 314 g/mol. The summed E-state index contributed by atoms with van der Waals surface area (Å²) >= 11 is 0. The summed E-state index contributed by atoms with van der Waals surface area (Å²) in [5, 5.41) is 0. The first kappa shape index (κ1) is 15.3. The van der Waals surface area contributed by atoms with Gasteiger partial charge in [-0.05, 0) is 36.4 Å². The highest BCUT2D eigenvalue weighted by Gasteiger charge is 2.23. The molecule has 4 nitrogen and oxygen atoms in total. The van der Waals surface area contributed by atoms with Crippen molar-refractivity contribution in [2.24, 2.45) is 0 Å². The zero-order valence-corrected chi connectivity index (χ0v) is 13.0. The summed E-state index contributed by atoms with van der Waals surface area (Å²) in [6, 6.07) is 14.0. The third-order valence-corrected chi connectivity index (χ3v) is 4.11. The maximum absolute atomic E-state index is 13.7. The van der Waals surface area contributed by atoms with Crippen LogP contribution in [0.3, 0.4) is 0 Å². The molecule has 2 aromatic rings. The van der Waals surface area contributed by atoms with Crippen LogP contribution in [-0.2, 0) is 0 Å². The molecule has 5 heteroatoms. The van der Waals surface area contributed by atoms with Crippen LogP contribution in [0.4, 0.5) is 10.1 Å². The van der Waals surface area contributed by atoms with Gasteiger partial charge in [0.05, 0.1) is 12.7 Å². The van der Waals surface area contributed by atoms with Gasteiger partial charge in [-0.15, -0.1) is 0 Å². The fourth-order valence-corrected chi connectivity index (χ4v) is 2.77. The Labute approximate surface area is 135 Å². The first-order valence-electron chi connectivity index (χ1n) is 7.62. The molecule has 0 aromatic heterocycles. The number of methoxy groups -OCH3 is 1. The maximum Gasteiger partial charge on any atom is 0.256 e. The Bertz CT molecular complexity index is 680. The minimum Gasteiger partial charge on any atom is -0.497 e. The molecule has 1 aliphatic rings. The highest BCUT2D eigenvalue weighted by atomic mass is 19.1. The lowest BCUT2D eigenvalue weighted by Crippen LogP contribution is -2.49. The third kappa shape index (κ3) is 3.28. The lowest BCUT2D eigenvalue weighted by atomic mass is 10.1. The van der Waals surface area contributed by atoms with Crippen LogP contribution in [0, 0.1) is 5.82 Å². The Kier molecular flexibility index (Phi) is 4.46. The van der Waals surface area contributed by atoms with E-state index in [0.717, 1.165) is 24.5 Å². The molecule has 1 saturated heterocycles. The number of rotatable bonds is 3. The number of halogens is 1. The van der Waals surface area contributed by atoms with Crippen LogP contribution >= 0.6 is 0 Å². The molecule has 2 aromatic carbocycles. The van der Waals surface area contributed by atoms with Crippen LogP contribution in [-0.4, -0.2) is 44.1 Å². The quantitative estimate of drug-likeness (QED) is 0.873. The van der Waals surface area contributed by atoms with Crippen molar-refractivity contribution < 1.29 is 13.9 Å². The molecule has 0 bridgehead atoms. The number of benzene rings is 2. The summed E-state index contributed by atoms with van der Waals surface area (Å²) < 4.78 is 18.9. The van der Waals surface area contributed by atoms with Crippen molar-refractivity contribution in [3.63, 3.8) is 0 Å². The maximum atomic E-state index is 13.7. The molecule has 3 rings (SSSR count). The van der Waals surface area contributed by atoms with Crippen LogP contribution in [0.15, 0.2) is 48.5 Å². The van der Waals surface area contributed by atoms with Crippen molar-refractivity contribution in [2.75, 3.05) is 38.2 Å². The number of amides is 1. The SMILES string of the molecule is COc1ccc(N2CCN(C(=O)c3ccccc3F)CC2)cc1. The van der Waals surface area contributed by atoms with E-state index in [9.17, 15) is 9.18 Å². The van der Waals surface area contributed by atoms with Crippen molar-refractivity contribution in [1.29, 1.82) is 0 Å². The van der Waals surface area contributed by atoms with Gasteiger partial charge >= 0.3 is 0 Å². The average Bonchev–Trinajstić information content (AvgIpc) is 2.62. The topological polar surface area (TPSA) is 32.8 Å². The highest BCUT2D eigenvalue weighted by Crippen LogP contribution is 2.21. The summed E-state index contributed by atoms with van der Waals surface area (Å²) in [6.45, 7) is 2.62. The summed E-state index contributed by atoms with van der Waals surface area (Å²) in [5.41, 5.74) is 1.24. The molecule has 0 unspecified atom stereocenters. The molecular weight excluding hydrogens is 295 g/mol. The Balaban J connectivity index is 1.64. The number of carbonyl (C=O) groups is 1. The second-order valence-corrected chi connectivity index (χ2v) is 5.46. The van der Waals surface area contributed by atoms with Crippen molar-refractivity contribution in [2.45, 2.75) is 0 Å². The van der Waals surface area contributed by atoms with E-state index in [0.29, 0.717) is 13.1 Å². The molecule has 0 spiro atoms. The molecule has 0 atom stereocenters. The van der Waals surface area contributed by atoms with Crippen LogP contribution < -0.4 is 9.64 Å². The minimum atomic E-state index is -0.463. The zero-order chi connectivity index (χ0) is 16.2. The van der Waals surface area contributed by atoms with E-state index in [4.69, 9.17) is 4.74 Å². The molecule has 1 fully saturated rings. The van der Waals surface area contributed by atoms with Gasteiger partial charge in [-0.25, -0.2) is 4.39 Å². The standard InChI is InChI=1S/C18H19FN2O2/c1-23-15-8-6-14(7-9-15)20-10-12-21(13-11-20)18(22)16-4-2-3-5-17(16)19/h2-9H,10-13H2,1H3. The summed E-state index contributed by atoms with van der Waals surface area (Å²) in [7, 11) is 1.64. The van der Waals surface area contributed by atoms with E-state index >= 15 is 0 Å². The van der Waals surface area contributed by atoms with E-state index in [2.05, 4.69) is 4.90 Å². The van der Waals surface area contributed by atoms with Crippen molar-refractivity contribution in [1.82, 2.24) is 4.90 Å². The van der Waals surface area contributed by atoms with E-state index in [1.807, 2.05) is 24.3 Å². The predicted molar refractivity (Wildman–Crippen MR) is 87.5 cm³/mol. The molecule has 1 amide bonds. The van der Waals surface area contributed by atoms with E-state index in [1.165, 1.54) is 12.1 Å². The number of piperazine rings is 1. The number of hydrogen-bond acceptors (Lipinski definition) is 3. The molecular formula is C18H19FN2O2. The third-order valence-electron chi connectivity index (χ3n) is 4.11. The first-order chi connectivity index (χ1) is 11.2. The zero-order valence-electron chi connectivity index (χ0n) is 13.0. The number of ether oxygens (including phenoxy) is 1. The summed E-state index contributed by atoms with van der Waals surface area (Å²) in [4.78, 5) is 16.3. The molecule has 0 aliphatic carbocycles. The van der Waals surface area contributed by atoms with Gasteiger partial charge < -0.3 is 14.5 Å². The van der Waals surface area contributed by atoms with E-state index < -0.39 is 5.82 Å². The molecule has 120 valence electrons. The van der Waals surface area contributed by atoms with Crippen molar-refractivity contribution in [3.8, 4) is 5.75 Å². The highest BCUT2D eigenvalue weighted by molar-refractivity contribution is 5.94. The van der Waals surface area contributed by atoms with Gasteiger partial charge in [0.2, 0.25) is 0 Å². The van der Waals surface area contributed by atoms with Crippen LogP contribution in [0.5, 0.6) is 5.75 Å². The van der Waals surface area contributed by atoms with Gasteiger partial charge in [0, 0.05) is 31.9 Å². The minimum absolute atomic E-state index is 0.144. The van der Waals surface area contributed by atoms with Crippen LogP contribution in [0.25, 0.3) is 0 Å². The summed E-state index contributed by atoms with van der Waals surface area (Å²) in [6.07, 6.45) is 0. The first-order valence-corrected chi connectivity index (χ1v) is 7.62. The lowest BCUT2D eigenvalue weighted by molar-refractivity contribution is 0.0742. The van der Waals surface area contributed by atoms with Crippen LogP contribution in [0.1, 0.15) is 10.4 Å². The smallest absolute Gasteiger partial charge is 0.256 e. The Hall–Kier alpha value is -2.56. The monoisotopic (exact) mass is 314 g/mol. The summed E-state index contributed by atoms with van der Waals surface area (Å²) in [5.74, 6) is 0.120. The molecule has 0 saturated carbocycles. The van der Waals surface area contributed by atoms with Gasteiger partial charge in [-0.2, -0.15) is 0 Å². The van der Waals surface area contributed by atoms with Gasteiger partial charge in [-0.1, -0.05) is 12.1 Å². The largest absolute Gasteiger partial charge is 0.497 e. The fourth-order valence-electron chi connectivity index (χ4n) is 2.77. The predicted octanol–water partition coefficient (Wildman–Crippen LogP) is 2.80. The van der Waals surface area contributed by atoms with Gasteiger partial charge in [0.1, 0.15) is 11.6 Å². The fraction of sp³-hybridized carbons (Fsp3) is 0.278. The van der Waals surface area contributed by atoms with Crippen molar-refractivity contribution >= 4 is 11.6 Å². The second-order valence-electron chi connectivity index (χ2n) is 5.46. The molecule has 1 heterocycles. The normalized spacial score (nSPS) is 14.7. The molecule has 23 heavy (non-hydrogen) atoms. The van der Waals surface area contributed by atoms with E-state index in [1.54, 1.807) is 24.1 Å². The Morgan fingerprint density at radius 1 is 1.00 bits per heavy atom. The molecule has 0 radical (unpaired) electrons. The van der Waals surface area contributed by atoms with Gasteiger partial charge in [0.25, 0.3) is 5.91 Å². The van der Waals surface area contributed by atoms with Gasteiger partial charge in [-0.3, -0.25) is 4.79 Å². The van der Waals surface area contributed by atoms with E-state index in [-0.39, 0.29) is 11.5 Å². The number of nitrogens with zero attached hydrogens (tertiary/aromatic N) is 2.